The van der Waals surface area contributed by atoms with Crippen LogP contribution in [0.2, 0.25) is 0 Å². The first-order valence-electron chi connectivity index (χ1n) is 8.16. The molecule has 0 aromatic carbocycles. The first-order chi connectivity index (χ1) is 12.3. The molecular weight excluding hydrogens is 320 g/mol. The molecule has 4 aromatic heterocycles. The molecule has 4 aromatic rings. The molecule has 0 saturated heterocycles. The van der Waals surface area contributed by atoms with Crippen LogP contribution in [0.4, 0.5) is 0 Å². The van der Waals surface area contributed by atoms with Gasteiger partial charge in [0.1, 0.15) is 23.7 Å². The number of fused-ring (bicyclic) bond motifs is 2. The van der Waals surface area contributed by atoms with Gasteiger partial charge in [-0.2, -0.15) is 9.20 Å². The third-order valence-electron chi connectivity index (χ3n) is 4.22. The molecule has 1 aliphatic rings. The molecule has 126 valence electrons. The highest BCUT2D eigenvalue weighted by Crippen LogP contribution is 2.21. The fourth-order valence-corrected chi connectivity index (χ4v) is 3.05. The maximum atomic E-state index is 4.77. The smallest absolute Gasteiger partial charge is 0.185 e. The first kappa shape index (κ1) is 14.2. The summed E-state index contributed by atoms with van der Waals surface area (Å²) in [7, 11) is 0. The van der Waals surface area contributed by atoms with Crippen molar-refractivity contribution in [2.45, 2.75) is 19.9 Å². The molecule has 1 aliphatic heterocycles. The van der Waals surface area contributed by atoms with Crippen molar-refractivity contribution in [3.05, 3.63) is 36.3 Å². The molecule has 0 amide bonds. The average molecular weight is 336 g/mol. The Labute approximate surface area is 142 Å². The molecule has 0 radical (unpaired) electrons. The van der Waals surface area contributed by atoms with Gasteiger partial charge in [0, 0.05) is 32.3 Å². The van der Waals surface area contributed by atoms with Crippen LogP contribution >= 0.6 is 0 Å². The normalized spacial score (nSPS) is 14.6. The molecule has 25 heavy (non-hydrogen) atoms. The molecule has 0 unspecified atom stereocenters. The molecule has 10 heteroatoms. The van der Waals surface area contributed by atoms with Gasteiger partial charge < -0.3 is 9.88 Å². The summed E-state index contributed by atoms with van der Waals surface area (Å²) in [6.45, 7) is 4.65. The minimum absolute atomic E-state index is 0.646. The minimum atomic E-state index is 0.646. The summed E-state index contributed by atoms with van der Waals surface area (Å²) in [5, 5.41) is 20.2. The van der Waals surface area contributed by atoms with E-state index in [9.17, 15) is 0 Å². The maximum Gasteiger partial charge on any atom is 0.185 e. The predicted molar refractivity (Wildman–Crippen MR) is 88.2 cm³/mol. The molecule has 5 heterocycles. The van der Waals surface area contributed by atoms with Gasteiger partial charge in [0.25, 0.3) is 0 Å². The number of nitrogens with one attached hydrogen (secondary N) is 1. The lowest BCUT2D eigenvalue weighted by molar-refractivity contribution is 0.646. The molecule has 0 fully saturated rings. The van der Waals surface area contributed by atoms with E-state index >= 15 is 0 Å². The molecule has 0 bridgehead atoms. The highest BCUT2D eigenvalue weighted by molar-refractivity contribution is 5.52. The van der Waals surface area contributed by atoms with Gasteiger partial charge >= 0.3 is 0 Å². The molecular formula is C15H16N10. The van der Waals surface area contributed by atoms with Gasteiger partial charge in [-0.25, -0.2) is 9.97 Å². The van der Waals surface area contributed by atoms with Crippen molar-refractivity contribution < 1.29 is 0 Å². The topological polar surface area (TPSA) is 104 Å². The van der Waals surface area contributed by atoms with Crippen molar-refractivity contribution in [1.29, 1.82) is 0 Å². The van der Waals surface area contributed by atoms with E-state index in [1.165, 1.54) is 0 Å². The summed E-state index contributed by atoms with van der Waals surface area (Å²) >= 11 is 0. The molecule has 5 rings (SSSR count). The summed E-state index contributed by atoms with van der Waals surface area (Å²) in [6.07, 6.45) is 4.51. The number of hydrogen-bond donors (Lipinski definition) is 1. The quantitative estimate of drug-likeness (QED) is 0.550. The Bertz CT molecular complexity index is 1030. The third-order valence-corrected chi connectivity index (χ3v) is 4.22. The summed E-state index contributed by atoms with van der Waals surface area (Å²) in [4.78, 5) is 9.34. The standard InChI is InChI=1S/C15H16N10/c1-10-18-15(11-8-23-7-6-16-5-4-12(23)19-11)25(21-10)14-3-2-13-20-17-9-24(13)22-14/h2-3,8-9,16H,4-7H2,1H3. The summed E-state index contributed by atoms with van der Waals surface area (Å²) < 4.78 is 5.51. The molecule has 10 nitrogen and oxygen atoms in total. The van der Waals surface area contributed by atoms with Crippen LogP contribution in [0.25, 0.3) is 23.0 Å². The fraction of sp³-hybridized carbons (Fsp3) is 0.333. The largest absolute Gasteiger partial charge is 0.333 e. The van der Waals surface area contributed by atoms with E-state index in [2.05, 4.69) is 35.3 Å². The second-order valence-electron chi connectivity index (χ2n) is 5.96. The van der Waals surface area contributed by atoms with E-state index in [-0.39, 0.29) is 0 Å². The van der Waals surface area contributed by atoms with E-state index < -0.39 is 0 Å². The van der Waals surface area contributed by atoms with Crippen molar-refractivity contribution in [1.82, 2.24) is 49.4 Å². The van der Waals surface area contributed by atoms with Crippen LogP contribution < -0.4 is 5.32 Å². The zero-order valence-electron chi connectivity index (χ0n) is 13.7. The zero-order valence-corrected chi connectivity index (χ0v) is 13.7. The Balaban J connectivity index is 1.63. The van der Waals surface area contributed by atoms with E-state index in [1.807, 2.05) is 25.3 Å². The summed E-state index contributed by atoms with van der Waals surface area (Å²) in [5.74, 6) is 3.07. The van der Waals surface area contributed by atoms with Crippen molar-refractivity contribution in [3.63, 3.8) is 0 Å². The lowest BCUT2D eigenvalue weighted by Gasteiger charge is -2.03. The van der Waals surface area contributed by atoms with Crippen molar-refractivity contribution in [2.24, 2.45) is 0 Å². The maximum absolute atomic E-state index is 4.77. The van der Waals surface area contributed by atoms with Gasteiger partial charge in [-0.05, 0) is 19.1 Å². The van der Waals surface area contributed by atoms with Crippen LogP contribution in [0.1, 0.15) is 11.6 Å². The van der Waals surface area contributed by atoms with Gasteiger partial charge in [0.15, 0.2) is 17.3 Å². The lowest BCUT2D eigenvalue weighted by atomic mass is 10.4. The van der Waals surface area contributed by atoms with Crippen LogP contribution in [-0.2, 0) is 13.0 Å². The Kier molecular flexibility index (Phi) is 3.10. The van der Waals surface area contributed by atoms with E-state index in [0.29, 0.717) is 23.1 Å². The van der Waals surface area contributed by atoms with Crippen LogP contribution in [0, 0.1) is 6.92 Å². The number of nitrogens with zero attached hydrogens (tertiary/aromatic N) is 9. The number of hydrogen-bond acceptors (Lipinski definition) is 7. The van der Waals surface area contributed by atoms with E-state index in [0.717, 1.165) is 37.6 Å². The van der Waals surface area contributed by atoms with E-state index in [1.54, 1.807) is 15.5 Å². The highest BCUT2D eigenvalue weighted by Gasteiger charge is 2.19. The third kappa shape index (κ3) is 2.38. The monoisotopic (exact) mass is 336 g/mol. The SMILES string of the molecule is Cc1nc(-c2cn3c(n2)CCNCC3)n(-c2ccc3nncn3n2)n1. The van der Waals surface area contributed by atoms with E-state index in [4.69, 9.17) is 4.98 Å². The van der Waals surface area contributed by atoms with Crippen LogP contribution in [0.15, 0.2) is 24.7 Å². The first-order valence-corrected chi connectivity index (χ1v) is 8.16. The predicted octanol–water partition coefficient (Wildman–Crippen LogP) is 0.0226. The second-order valence-corrected chi connectivity index (χ2v) is 5.96. The van der Waals surface area contributed by atoms with Crippen molar-refractivity contribution in [3.8, 4) is 17.3 Å². The van der Waals surface area contributed by atoms with Crippen LogP contribution in [0.5, 0.6) is 0 Å². The second kappa shape index (κ2) is 5.45. The van der Waals surface area contributed by atoms with Crippen molar-refractivity contribution >= 4 is 5.65 Å². The summed E-state index contributed by atoms with van der Waals surface area (Å²) in [6, 6.07) is 3.71. The highest BCUT2D eigenvalue weighted by atomic mass is 15.4. The lowest BCUT2D eigenvalue weighted by Crippen LogP contribution is -2.17. The Morgan fingerprint density at radius 3 is 3.04 bits per heavy atom. The Morgan fingerprint density at radius 1 is 1.12 bits per heavy atom. The molecule has 0 atom stereocenters. The van der Waals surface area contributed by atoms with Crippen LogP contribution in [0.3, 0.4) is 0 Å². The van der Waals surface area contributed by atoms with Gasteiger partial charge in [-0.3, -0.25) is 0 Å². The van der Waals surface area contributed by atoms with Crippen LogP contribution in [-0.4, -0.2) is 57.2 Å². The number of aromatic nitrogens is 9. The molecule has 1 N–H and O–H groups in total. The molecule has 0 spiro atoms. The fourth-order valence-electron chi connectivity index (χ4n) is 3.05. The zero-order chi connectivity index (χ0) is 16.8. The molecule has 0 aliphatic carbocycles. The van der Waals surface area contributed by atoms with Gasteiger partial charge in [-0.15, -0.1) is 20.4 Å². The number of rotatable bonds is 2. The average Bonchev–Trinajstić information content (AvgIpc) is 3.29. The Hall–Kier alpha value is -3.14. The number of imidazole rings is 1. The van der Waals surface area contributed by atoms with Gasteiger partial charge in [-0.1, -0.05) is 0 Å². The number of aryl methyl sites for hydroxylation is 1. The Morgan fingerprint density at radius 2 is 2.08 bits per heavy atom. The minimum Gasteiger partial charge on any atom is -0.333 e. The van der Waals surface area contributed by atoms with Gasteiger partial charge in [0.2, 0.25) is 0 Å². The van der Waals surface area contributed by atoms with Crippen molar-refractivity contribution in [2.75, 3.05) is 13.1 Å². The van der Waals surface area contributed by atoms with Gasteiger partial charge in [0.05, 0.1) is 0 Å². The molecule has 0 saturated carbocycles. The summed E-state index contributed by atoms with van der Waals surface area (Å²) in [5.41, 5.74) is 1.49.